The zero-order chi connectivity index (χ0) is 10.1. The highest BCUT2D eigenvalue weighted by atomic mass is 35.5. The number of rotatable bonds is 2. The summed E-state index contributed by atoms with van der Waals surface area (Å²) in [5.74, 6) is 0.817. The number of thiophene rings is 1. The van der Waals surface area contributed by atoms with Crippen molar-refractivity contribution in [2.75, 3.05) is 0 Å². The van der Waals surface area contributed by atoms with Gasteiger partial charge in [0.05, 0.1) is 9.90 Å². The van der Waals surface area contributed by atoms with Crippen LogP contribution < -0.4 is 0 Å². The summed E-state index contributed by atoms with van der Waals surface area (Å²) in [5.41, 5.74) is 0. The lowest BCUT2D eigenvalue weighted by Gasteiger charge is -2.00. The number of nitrogens with zero attached hydrogens (tertiary/aromatic N) is 2. The predicted octanol–water partition coefficient (Wildman–Crippen LogP) is 3.34. The van der Waals surface area contributed by atoms with Crippen molar-refractivity contribution in [3.8, 4) is 10.7 Å². The van der Waals surface area contributed by atoms with Crippen molar-refractivity contribution in [2.24, 2.45) is 0 Å². The van der Waals surface area contributed by atoms with Gasteiger partial charge in [-0.1, -0.05) is 11.6 Å². The predicted molar refractivity (Wildman–Crippen MR) is 61.4 cm³/mol. The van der Waals surface area contributed by atoms with Crippen molar-refractivity contribution in [2.45, 2.75) is 13.5 Å². The maximum Gasteiger partial charge on any atom is 0.195 e. The van der Waals surface area contributed by atoms with Gasteiger partial charge in [0.15, 0.2) is 10.6 Å². The number of hydrogen-bond donors (Lipinski definition) is 1. The highest BCUT2D eigenvalue weighted by Gasteiger charge is 2.11. The van der Waals surface area contributed by atoms with E-state index in [1.807, 2.05) is 22.9 Å². The van der Waals surface area contributed by atoms with E-state index >= 15 is 0 Å². The third-order valence-electron chi connectivity index (χ3n) is 1.89. The second-order valence-corrected chi connectivity index (χ2v) is 4.40. The van der Waals surface area contributed by atoms with E-state index in [1.54, 1.807) is 11.3 Å². The molecule has 2 rings (SSSR count). The van der Waals surface area contributed by atoms with E-state index in [-0.39, 0.29) is 0 Å². The molecule has 0 fully saturated rings. The second kappa shape index (κ2) is 3.84. The Morgan fingerprint density at radius 2 is 2.50 bits per heavy atom. The van der Waals surface area contributed by atoms with Crippen LogP contribution in [0.3, 0.4) is 0 Å². The Balaban J connectivity index is 2.63. The first-order chi connectivity index (χ1) is 6.74. The maximum atomic E-state index is 6.02. The molecule has 0 atom stereocenters. The van der Waals surface area contributed by atoms with E-state index < -0.39 is 0 Å². The summed E-state index contributed by atoms with van der Waals surface area (Å²) in [6, 6.07) is 1.86. The van der Waals surface area contributed by atoms with E-state index in [9.17, 15) is 0 Å². The molecule has 0 saturated carbocycles. The first-order valence-corrected chi connectivity index (χ1v) is 5.79. The van der Waals surface area contributed by atoms with Crippen molar-refractivity contribution < 1.29 is 0 Å². The van der Waals surface area contributed by atoms with Crippen molar-refractivity contribution in [3.63, 3.8) is 0 Å². The van der Waals surface area contributed by atoms with Gasteiger partial charge in [0, 0.05) is 6.54 Å². The monoisotopic (exact) mass is 245 g/mol. The average Bonchev–Trinajstić information content (AvgIpc) is 2.71. The molecule has 3 nitrogen and oxygen atoms in total. The minimum Gasteiger partial charge on any atom is -0.300 e. The van der Waals surface area contributed by atoms with E-state index in [2.05, 4.69) is 10.2 Å². The largest absolute Gasteiger partial charge is 0.300 e. The molecule has 0 aromatic carbocycles. The molecular weight excluding hydrogens is 238 g/mol. The number of H-pyrrole nitrogens is 1. The number of aromatic nitrogens is 3. The summed E-state index contributed by atoms with van der Waals surface area (Å²) >= 11 is 12.7. The highest BCUT2D eigenvalue weighted by molar-refractivity contribution is 7.71. The topological polar surface area (TPSA) is 33.6 Å². The molecule has 0 bridgehead atoms. The lowest BCUT2D eigenvalue weighted by atomic mass is 10.4. The summed E-state index contributed by atoms with van der Waals surface area (Å²) in [5, 5.41) is 9.59. The van der Waals surface area contributed by atoms with Crippen LogP contribution >= 0.6 is 35.2 Å². The Labute approximate surface area is 95.3 Å². The van der Waals surface area contributed by atoms with Gasteiger partial charge in [-0.2, -0.15) is 5.10 Å². The first-order valence-electron chi connectivity index (χ1n) is 4.12. The van der Waals surface area contributed by atoms with Crippen LogP contribution in [0.4, 0.5) is 0 Å². The van der Waals surface area contributed by atoms with Gasteiger partial charge in [-0.05, 0) is 30.6 Å². The van der Waals surface area contributed by atoms with Gasteiger partial charge >= 0.3 is 0 Å². The molecule has 0 saturated heterocycles. The van der Waals surface area contributed by atoms with Gasteiger partial charge in [0.2, 0.25) is 0 Å². The number of hydrogen-bond acceptors (Lipinski definition) is 3. The summed E-state index contributed by atoms with van der Waals surface area (Å²) in [6.07, 6.45) is 0. The molecule has 0 unspecified atom stereocenters. The number of halogens is 1. The SMILES string of the molecule is CCn1c(-c2sccc2Cl)n[nH]c1=S. The Morgan fingerprint density at radius 3 is 3.07 bits per heavy atom. The van der Waals surface area contributed by atoms with Crippen LogP contribution in [0.2, 0.25) is 5.02 Å². The van der Waals surface area contributed by atoms with Crippen LogP contribution in [-0.4, -0.2) is 14.8 Å². The van der Waals surface area contributed by atoms with E-state index in [0.717, 1.165) is 22.3 Å². The molecule has 74 valence electrons. The molecule has 14 heavy (non-hydrogen) atoms. The van der Waals surface area contributed by atoms with E-state index in [1.165, 1.54) is 0 Å². The van der Waals surface area contributed by atoms with Gasteiger partial charge in [0.25, 0.3) is 0 Å². The van der Waals surface area contributed by atoms with Crippen LogP contribution in [0.5, 0.6) is 0 Å². The van der Waals surface area contributed by atoms with Gasteiger partial charge in [-0.25, -0.2) is 0 Å². The maximum absolute atomic E-state index is 6.02. The summed E-state index contributed by atoms with van der Waals surface area (Å²) in [4.78, 5) is 0.959. The zero-order valence-electron chi connectivity index (χ0n) is 7.45. The van der Waals surface area contributed by atoms with Crippen molar-refractivity contribution >= 4 is 35.2 Å². The van der Waals surface area contributed by atoms with Gasteiger partial charge in [-0.15, -0.1) is 11.3 Å². The molecule has 0 spiro atoms. The van der Waals surface area contributed by atoms with Crippen LogP contribution in [-0.2, 0) is 6.54 Å². The number of aromatic amines is 1. The smallest absolute Gasteiger partial charge is 0.195 e. The van der Waals surface area contributed by atoms with E-state index in [0.29, 0.717) is 4.77 Å². The molecule has 0 aliphatic heterocycles. The van der Waals surface area contributed by atoms with Gasteiger partial charge < -0.3 is 0 Å². The lowest BCUT2D eigenvalue weighted by molar-refractivity contribution is 0.757. The average molecular weight is 246 g/mol. The Kier molecular flexibility index (Phi) is 2.71. The first kappa shape index (κ1) is 9.89. The fourth-order valence-corrected chi connectivity index (χ4v) is 2.64. The van der Waals surface area contributed by atoms with Crippen molar-refractivity contribution in [3.05, 3.63) is 21.2 Å². The molecule has 0 aliphatic rings. The van der Waals surface area contributed by atoms with E-state index in [4.69, 9.17) is 23.8 Å². The van der Waals surface area contributed by atoms with Gasteiger partial charge in [0.1, 0.15) is 0 Å². The fourth-order valence-electron chi connectivity index (χ4n) is 1.24. The highest BCUT2D eigenvalue weighted by Crippen LogP contribution is 2.31. The zero-order valence-corrected chi connectivity index (χ0v) is 9.84. The third-order valence-corrected chi connectivity index (χ3v) is 3.54. The third kappa shape index (κ3) is 1.51. The summed E-state index contributed by atoms with van der Waals surface area (Å²) in [7, 11) is 0. The standard InChI is InChI=1S/C8H8ClN3S2/c1-2-12-7(10-11-8(12)13)6-5(9)3-4-14-6/h3-4H,2H2,1H3,(H,11,13). The molecular formula is C8H8ClN3S2. The summed E-state index contributed by atoms with van der Waals surface area (Å²) < 4.78 is 2.56. The minimum absolute atomic E-state index is 0.631. The minimum atomic E-state index is 0.631. The van der Waals surface area contributed by atoms with Crippen molar-refractivity contribution in [1.82, 2.24) is 14.8 Å². The lowest BCUT2D eigenvalue weighted by Crippen LogP contribution is -1.96. The molecule has 2 aromatic rings. The summed E-state index contributed by atoms with van der Waals surface area (Å²) in [6.45, 7) is 2.81. The number of nitrogens with one attached hydrogen (secondary N) is 1. The molecule has 2 heterocycles. The van der Waals surface area contributed by atoms with Gasteiger partial charge in [-0.3, -0.25) is 9.67 Å². The van der Waals surface area contributed by atoms with Crippen LogP contribution in [0, 0.1) is 4.77 Å². The molecule has 1 N–H and O–H groups in total. The molecule has 0 aliphatic carbocycles. The van der Waals surface area contributed by atoms with Crippen molar-refractivity contribution in [1.29, 1.82) is 0 Å². The Hall–Kier alpha value is -0.650. The molecule has 6 heteroatoms. The van der Waals surface area contributed by atoms with Crippen LogP contribution in [0.15, 0.2) is 11.4 Å². The van der Waals surface area contributed by atoms with Crippen LogP contribution in [0.25, 0.3) is 10.7 Å². The second-order valence-electron chi connectivity index (χ2n) is 2.69. The molecule has 0 amide bonds. The van der Waals surface area contributed by atoms with Crippen LogP contribution in [0.1, 0.15) is 6.92 Å². The normalized spacial score (nSPS) is 10.7. The Morgan fingerprint density at radius 1 is 1.71 bits per heavy atom. The molecule has 0 radical (unpaired) electrons. The Bertz CT molecular complexity index is 497. The molecule has 2 aromatic heterocycles. The fraction of sp³-hybridized carbons (Fsp3) is 0.250. The quantitative estimate of drug-likeness (QED) is 0.824.